The first kappa shape index (κ1) is 16.7. The molecule has 7 heteroatoms. The smallest absolute Gasteiger partial charge is 0.255 e. The van der Waals surface area contributed by atoms with E-state index in [-0.39, 0.29) is 11.4 Å². The Morgan fingerprint density at radius 2 is 2.22 bits per heavy atom. The van der Waals surface area contributed by atoms with Crippen LogP contribution in [0, 0.1) is 0 Å². The van der Waals surface area contributed by atoms with Gasteiger partial charge in [-0.05, 0) is 31.4 Å². The van der Waals surface area contributed by atoms with Crippen molar-refractivity contribution in [1.29, 1.82) is 0 Å². The lowest BCUT2D eigenvalue weighted by atomic mass is 10.1. The average Bonchev–Trinajstić information content (AvgIpc) is 3.11. The Kier molecular flexibility index (Phi) is 3.93. The molecule has 0 unspecified atom stereocenters. The fourth-order valence-electron chi connectivity index (χ4n) is 4.18. The van der Waals surface area contributed by atoms with E-state index in [1.165, 1.54) is 4.88 Å². The minimum atomic E-state index is -0.0320. The second kappa shape index (κ2) is 6.34. The van der Waals surface area contributed by atoms with Crippen LogP contribution in [0.3, 0.4) is 0 Å². The number of rotatable bonds is 4. The van der Waals surface area contributed by atoms with Crippen LogP contribution >= 0.6 is 11.3 Å². The molecule has 6 nitrogen and oxygen atoms in total. The molecule has 3 aromatic rings. The van der Waals surface area contributed by atoms with Crippen molar-refractivity contribution in [1.82, 2.24) is 19.9 Å². The van der Waals surface area contributed by atoms with Gasteiger partial charge in [-0.25, -0.2) is 9.97 Å². The van der Waals surface area contributed by atoms with Crippen LogP contribution in [0.5, 0.6) is 0 Å². The van der Waals surface area contributed by atoms with Gasteiger partial charge in [0.1, 0.15) is 17.8 Å². The highest BCUT2D eigenvalue weighted by Crippen LogP contribution is 2.46. The molecule has 0 radical (unpaired) electrons. The van der Waals surface area contributed by atoms with Crippen molar-refractivity contribution in [2.45, 2.75) is 38.1 Å². The summed E-state index contributed by atoms with van der Waals surface area (Å²) in [6.45, 7) is 4.57. The highest BCUT2D eigenvalue weighted by molar-refractivity contribution is 7.10. The predicted molar refractivity (Wildman–Crippen MR) is 107 cm³/mol. The van der Waals surface area contributed by atoms with Crippen molar-refractivity contribution in [2.24, 2.45) is 0 Å². The number of aryl methyl sites for hydroxylation is 1. The van der Waals surface area contributed by atoms with Gasteiger partial charge in [-0.1, -0.05) is 13.3 Å². The third kappa shape index (κ3) is 2.81. The van der Waals surface area contributed by atoms with Gasteiger partial charge in [0.25, 0.3) is 5.91 Å². The second-order valence-corrected chi connectivity index (χ2v) is 8.59. The fourth-order valence-corrected chi connectivity index (χ4v) is 5.15. The highest BCUT2D eigenvalue weighted by atomic mass is 32.1. The van der Waals surface area contributed by atoms with E-state index < -0.39 is 0 Å². The average molecular weight is 382 g/mol. The third-order valence-corrected chi connectivity index (χ3v) is 6.75. The molecule has 1 aliphatic carbocycles. The summed E-state index contributed by atoms with van der Waals surface area (Å²) in [5.74, 6) is 1.17. The lowest BCUT2D eigenvalue weighted by Gasteiger charge is -2.42. The zero-order valence-electron chi connectivity index (χ0n) is 15.4. The largest absolute Gasteiger partial charge is 0.352 e. The van der Waals surface area contributed by atoms with Crippen LogP contribution in [0.4, 0.5) is 5.82 Å². The van der Waals surface area contributed by atoms with E-state index in [9.17, 15) is 4.79 Å². The van der Waals surface area contributed by atoms with Gasteiger partial charge in [-0.15, -0.1) is 11.3 Å². The summed E-state index contributed by atoms with van der Waals surface area (Å²) in [6.07, 6.45) is 7.83. The van der Waals surface area contributed by atoms with Gasteiger partial charge < -0.3 is 14.8 Å². The lowest BCUT2D eigenvalue weighted by Crippen LogP contribution is -2.57. The van der Waals surface area contributed by atoms with E-state index in [1.54, 1.807) is 17.7 Å². The molecule has 27 heavy (non-hydrogen) atoms. The van der Waals surface area contributed by atoms with Gasteiger partial charge in [-0.3, -0.25) is 4.79 Å². The van der Waals surface area contributed by atoms with Crippen LogP contribution in [0.25, 0.3) is 11.0 Å². The zero-order valence-corrected chi connectivity index (χ0v) is 16.3. The zero-order chi connectivity index (χ0) is 18.4. The van der Waals surface area contributed by atoms with Gasteiger partial charge in [0.15, 0.2) is 0 Å². The normalized spacial score (nSPS) is 18.4. The molecule has 1 amide bonds. The van der Waals surface area contributed by atoms with E-state index >= 15 is 0 Å². The lowest BCUT2D eigenvalue weighted by molar-refractivity contribution is 0.0625. The van der Waals surface area contributed by atoms with E-state index in [0.29, 0.717) is 0 Å². The topological polar surface area (TPSA) is 65.1 Å². The minimum absolute atomic E-state index is 0.0320. The molecule has 1 N–H and O–H groups in total. The Balaban J connectivity index is 1.38. The number of thiophene rings is 1. The van der Waals surface area contributed by atoms with Gasteiger partial charge in [-0.2, -0.15) is 0 Å². The molecule has 0 aromatic carbocycles. The fraction of sp³-hybridized carbons (Fsp3) is 0.450. The molecule has 4 heterocycles. The summed E-state index contributed by atoms with van der Waals surface area (Å²) >= 11 is 1.71. The number of nitrogens with zero attached hydrogens (tertiary/aromatic N) is 4. The van der Waals surface area contributed by atoms with Crippen molar-refractivity contribution in [3.63, 3.8) is 0 Å². The summed E-state index contributed by atoms with van der Waals surface area (Å²) in [5.41, 5.74) is 1.69. The number of amides is 1. The Labute approximate surface area is 162 Å². The van der Waals surface area contributed by atoms with Crippen LogP contribution in [0.2, 0.25) is 0 Å². The summed E-state index contributed by atoms with van der Waals surface area (Å²) < 4.78 is 0. The van der Waals surface area contributed by atoms with Crippen molar-refractivity contribution >= 4 is 34.1 Å². The molecule has 1 saturated carbocycles. The van der Waals surface area contributed by atoms with Crippen molar-refractivity contribution < 1.29 is 4.79 Å². The van der Waals surface area contributed by atoms with Gasteiger partial charge in [0.2, 0.25) is 0 Å². The van der Waals surface area contributed by atoms with Gasteiger partial charge >= 0.3 is 0 Å². The van der Waals surface area contributed by atoms with Crippen molar-refractivity contribution in [2.75, 3.05) is 24.5 Å². The first-order valence-corrected chi connectivity index (χ1v) is 10.5. The first-order valence-electron chi connectivity index (χ1n) is 9.63. The third-order valence-electron chi connectivity index (χ3n) is 5.75. The number of fused-ring (bicyclic) bond motifs is 1. The summed E-state index contributed by atoms with van der Waals surface area (Å²) in [5, 5.41) is 3.08. The van der Waals surface area contributed by atoms with E-state index in [1.807, 2.05) is 17.6 Å². The number of hydrogen-bond acceptors (Lipinski definition) is 5. The Hall–Kier alpha value is -2.41. The molecule has 1 spiro atoms. The van der Waals surface area contributed by atoms with E-state index in [2.05, 4.69) is 37.7 Å². The van der Waals surface area contributed by atoms with E-state index in [4.69, 9.17) is 0 Å². The van der Waals surface area contributed by atoms with Crippen LogP contribution in [0.15, 0.2) is 30.0 Å². The number of nitrogens with one attached hydrogen (secondary N) is 1. The second-order valence-electron chi connectivity index (χ2n) is 7.59. The van der Waals surface area contributed by atoms with Gasteiger partial charge in [0, 0.05) is 36.1 Å². The Morgan fingerprint density at radius 1 is 1.33 bits per heavy atom. The maximum atomic E-state index is 13.2. The standard InChI is InChI=1S/C20H23N5OS/c1-2-3-15-10-14(11-27-15)19(26)25-9-8-24(12-20(25)5-6-20)18-16-4-7-21-17(16)22-13-23-18/h4,7,10-11,13H,2-3,5-6,8-9,12H2,1H3,(H,21,22,23). The number of aromatic nitrogens is 3. The van der Waals surface area contributed by atoms with Crippen molar-refractivity contribution in [3.05, 3.63) is 40.5 Å². The number of carbonyl (C=O) groups is 1. The number of piperazine rings is 1. The van der Waals surface area contributed by atoms with Gasteiger partial charge in [0.05, 0.1) is 16.5 Å². The number of aromatic amines is 1. The molecule has 3 aromatic heterocycles. The molecule has 2 fully saturated rings. The number of carbonyl (C=O) groups excluding carboxylic acids is 1. The molecular formula is C20H23N5OS. The van der Waals surface area contributed by atoms with Crippen LogP contribution < -0.4 is 4.90 Å². The Bertz CT molecular complexity index is 989. The number of H-pyrrole nitrogens is 1. The monoisotopic (exact) mass is 381 g/mol. The molecule has 1 saturated heterocycles. The van der Waals surface area contributed by atoms with E-state index in [0.717, 1.165) is 67.7 Å². The molecule has 0 bridgehead atoms. The molecule has 5 rings (SSSR count). The maximum absolute atomic E-state index is 13.2. The predicted octanol–water partition coefficient (Wildman–Crippen LogP) is 3.47. The molecule has 140 valence electrons. The highest BCUT2D eigenvalue weighted by Gasteiger charge is 2.53. The van der Waals surface area contributed by atoms with Crippen molar-refractivity contribution in [3.8, 4) is 0 Å². The summed E-state index contributed by atoms with van der Waals surface area (Å²) in [4.78, 5) is 30.9. The molecule has 2 aliphatic rings. The first-order chi connectivity index (χ1) is 13.2. The summed E-state index contributed by atoms with van der Waals surface area (Å²) in [6, 6.07) is 4.12. The SMILES string of the molecule is CCCc1cc(C(=O)N2CCN(c3ncnc4[nH]ccc34)CC23CC3)cs1. The summed E-state index contributed by atoms with van der Waals surface area (Å²) in [7, 11) is 0. The van der Waals surface area contributed by atoms with Crippen LogP contribution in [-0.4, -0.2) is 50.9 Å². The quantitative estimate of drug-likeness (QED) is 0.752. The maximum Gasteiger partial charge on any atom is 0.255 e. The van der Waals surface area contributed by atoms with Crippen LogP contribution in [0.1, 0.15) is 41.4 Å². The molecule has 0 atom stereocenters. The minimum Gasteiger partial charge on any atom is -0.352 e. The molecule has 1 aliphatic heterocycles. The van der Waals surface area contributed by atoms with Crippen LogP contribution in [-0.2, 0) is 6.42 Å². The Morgan fingerprint density at radius 3 is 3.04 bits per heavy atom. The molecular weight excluding hydrogens is 358 g/mol. The number of hydrogen-bond donors (Lipinski definition) is 1. The number of anilines is 1.